The standard InChI is InChI=1S/C11H13N5O/c1-2-16-9(6-12-15-16)8-5-10(17)14-11(13-8)7-3-4-7/h5-7H,2-4H2,1H3,(H,13,14,17). The number of hydrogen-bond donors (Lipinski definition) is 1. The summed E-state index contributed by atoms with van der Waals surface area (Å²) in [5, 5.41) is 7.80. The van der Waals surface area contributed by atoms with Crippen molar-refractivity contribution in [2.24, 2.45) is 0 Å². The molecule has 0 bridgehead atoms. The molecule has 0 radical (unpaired) electrons. The van der Waals surface area contributed by atoms with Crippen LogP contribution in [0.5, 0.6) is 0 Å². The fourth-order valence-corrected chi connectivity index (χ4v) is 1.85. The lowest BCUT2D eigenvalue weighted by atomic mass is 10.3. The van der Waals surface area contributed by atoms with Crippen LogP contribution >= 0.6 is 0 Å². The second-order valence-corrected chi connectivity index (χ2v) is 4.23. The molecule has 6 heteroatoms. The van der Waals surface area contributed by atoms with Gasteiger partial charge >= 0.3 is 0 Å². The molecule has 1 saturated carbocycles. The highest BCUT2D eigenvalue weighted by Crippen LogP contribution is 2.37. The monoisotopic (exact) mass is 231 g/mol. The molecule has 1 aliphatic carbocycles. The molecule has 6 nitrogen and oxygen atoms in total. The molecule has 17 heavy (non-hydrogen) atoms. The summed E-state index contributed by atoms with van der Waals surface area (Å²) >= 11 is 0. The normalized spacial score (nSPS) is 15.1. The fraction of sp³-hybridized carbons (Fsp3) is 0.455. The van der Waals surface area contributed by atoms with Gasteiger partial charge < -0.3 is 4.98 Å². The van der Waals surface area contributed by atoms with Gasteiger partial charge in [0.1, 0.15) is 11.5 Å². The number of nitrogens with one attached hydrogen (secondary N) is 1. The van der Waals surface area contributed by atoms with Crippen molar-refractivity contribution in [3.8, 4) is 11.4 Å². The highest BCUT2D eigenvalue weighted by Gasteiger charge is 2.26. The molecule has 0 unspecified atom stereocenters. The highest BCUT2D eigenvalue weighted by atomic mass is 16.1. The molecule has 0 aliphatic heterocycles. The average Bonchev–Trinajstić information content (AvgIpc) is 3.06. The van der Waals surface area contributed by atoms with Crippen LogP contribution in [-0.2, 0) is 6.54 Å². The maximum absolute atomic E-state index is 11.6. The Morgan fingerprint density at radius 2 is 2.35 bits per heavy atom. The zero-order chi connectivity index (χ0) is 11.8. The predicted molar refractivity (Wildman–Crippen MR) is 61.5 cm³/mol. The van der Waals surface area contributed by atoms with Gasteiger partial charge in [-0.25, -0.2) is 9.67 Å². The minimum atomic E-state index is -0.110. The van der Waals surface area contributed by atoms with Crippen LogP contribution in [0.1, 0.15) is 31.5 Å². The average molecular weight is 231 g/mol. The van der Waals surface area contributed by atoms with E-state index in [0.717, 1.165) is 24.4 Å². The number of aromatic nitrogens is 5. The molecule has 1 N–H and O–H groups in total. The van der Waals surface area contributed by atoms with Crippen LogP contribution in [-0.4, -0.2) is 25.0 Å². The quantitative estimate of drug-likeness (QED) is 0.852. The van der Waals surface area contributed by atoms with Crippen LogP contribution in [0.2, 0.25) is 0 Å². The molecule has 0 saturated heterocycles. The summed E-state index contributed by atoms with van der Waals surface area (Å²) < 4.78 is 1.73. The molecule has 1 fully saturated rings. The summed E-state index contributed by atoms with van der Waals surface area (Å²) in [5.41, 5.74) is 1.34. The Hall–Kier alpha value is -1.98. The summed E-state index contributed by atoms with van der Waals surface area (Å²) in [4.78, 5) is 18.9. The van der Waals surface area contributed by atoms with Crippen LogP contribution in [0.3, 0.4) is 0 Å². The van der Waals surface area contributed by atoms with Crippen molar-refractivity contribution in [2.45, 2.75) is 32.2 Å². The molecule has 2 aromatic rings. The molecule has 0 spiro atoms. The van der Waals surface area contributed by atoms with Crippen molar-refractivity contribution in [1.29, 1.82) is 0 Å². The smallest absolute Gasteiger partial charge is 0.251 e. The van der Waals surface area contributed by atoms with Crippen molar-refractivity contribution >= 4 is 0 Å². The van der Waals surface area contributed by atoms with Gasteiger partial charge in [0, 0.05) is 18.5 Å². The van der Waals surface area contributed by atoms with Gasteiger partial charge in [-0.3, -0.25) is 4.79 Å². The molecule has 3 rings (SSSR count). The van der Waals surface area contributed by atoms with E-state index >= 15 is 0 Å². The van der Waals surface area contributed by atoms with Gasteiger partial charge in [-0.05, 0) is 19.8 Å². The van der Waals surface area contributed by atoms with Crippen LogP contribution in [0.4, 0.5) is 0 Å². The van der Waals surface area contributed by atoms with E-state index in [1.54, 1.807) is 10.9 Å². The maximum Gasteiger partial charge on any atom is 0.251 e. The minimum absolute atomic E-state index is 0.110. The lowest BCUT2D eigenvalue weighted by molar-refractivity contribution is 0.631. The van der Waals surface area contributed by atoms with Crippen molar-refractivity contribution in [3.05, 3.63) is 28.4 Å². The van der Waals surface area contributed by atoms with E-state index in [9.17, 15) is 4.79 Å². The lowest BCUT2D eigenvalue weighted by Crippen LogP contribution is -2.12. The van der Waals surface area contributed by atoms with E-state index in [1.807, 2.05) is 6.92 Å². The minimum Gasteiger partial charge on any atom is -0.310 e. The van der Waals surface area contributed by atoms with Gasteiger partial charge in [-0.1, -0.05) is 5.21 Å². The highest BCUT2D eigenvalue weighted by molar-refractivity contribution is 5.52. The largest absolute Gasteiger partial charge is 0.310 e. The van der Waals surface area contributed by atoms with Gasteiger partial charge in [0.15, 0.2) is 0 Å². The Morgan fingerprint density at radius 3 is 3.06 bits per heavy atom. The Bertz CT molecular complexity index is 596. The van der Waals surface area contributed by atoms with Gasteiger partial charge in [0.05, 0.1) is 11.9 Å². The van der Waals surface area contributed by atoms with Crippen LogP contribution < -0.4 is 5.56 Å². The third-order valence-electron chi connectivity index (χ3n) is 2.90. The molecule has 0 atom stereocenters. The molecule has 1 aliphatic rings. The van der Waals surface area contributed by atoms with E-state index < -0.39 is 0 Å². The third kappa shape index (κ3) is 1.86. The van der Waals surface area contributed by atoms with E-state index in [-0.39, 0.29) is 5.56 Å². The van der Waals surface area contributed by atoms with Gasteiger partial charge in [0.25, 0.3) is 5.56 Å². The van der Waals surface area contributed by atoms with Gasteiger partial charge in [0.2, 0.25) is 0 Å². The number of aryl methyl sites for hydroxylation is 1. The van der Waals surface area contributed by atoms with Crippen LogP contribution in [0.15, 0.2) is 17.1 Å². The molecular weight excluding hydrogens is 218 g/mol. The van der Waals surface area contributed by atoms with Crippen molar-refractivity contribution in [1.82, 2.24) is 25.0 Å². The summed E-state index contributed by atoms with van der Waals surface area (Å²) in [7, 11) is 0. The van der Waals surface area contributed by atoms with E-state index in [2.05, 4.69) is 20.3 Å². The van der Waals surface area contributed by atoms with E-state index in [0.29, 0.717) is 18.2 Å². The Labute approximate surface area is 97.7 Å². The molecule has 88 valence electrons. The maximum atomic E-state index is 11.6. The molecule has 0 amide bonds. The van der Waals surface area contributed by atoms with Crippen molar-refractivity contribution < 1.29 is 0 Å². The van der Waals surface area contributed by atoms with E-state index in [1.165, 1.54) is 6.07 Å². The lowest BCUT2D eigenvalue weighted by Gasteiger charge is -2.04. The molecule has 0 aromatic carbocycles. The first-order chi connectivity index (χ1) is 8.28. The Morgan fingerprint density at radius 1 is 1.53 bits per heavy atom. The van der Waals surface area contributed by atoms with Crippen LogP contribution in [0, 0.1) is 0 Å². The number of H-pyrrole nitrogens is 1. The zero-order valence-corrected chi connectivity index (χ0v) is 9.55. The number of rotatable bonds is 3. The summed E-state index contributed by atoms with van der Waals surface area (Å²) in [6, 6.07) is 1.50. The number of nitrogens with zero attached hydrogens (tertiary/aromatic N) is 4. The van der Waals surface area contributed by atoms with Crippen molar-refractivity contribution in [2.75, 3.05) is 0 Å². The molecule has 2 aromatic heterocycles. The Balaban J connectivity index is 2.10. The van der Waals surface area contributed by atoms with Gasteiger partial charge in [-0.2, -0.15) is 0 Å². The fourth-order valence-electron chi connectivity index (χ4n) is 1.85. The first kappa shape index (κ1) is 10.2. The zero-order valence-electron chi connectivity index (χ0n) is 9.55. The summed E-state index contributed by atoms with van der Waals surface area (Å²) in [6.45, 7) is 2.69. The van der Waals surface area contributed by atoms with Gasteiger partial charge in [-0.15, -0.1) is 5.10 Å². The molecule has 2 heterocycles. The third-order valence-corrected chi connectivity index (χ3v) is 2.90. The number of aromatic amines is 1. The second-order valence-electron chi connectivity index (χ2n) is 4.23. The second kappa shape index (κ2) is 3.80. The summed E-state index contributed by atoms with van der Waals surface area (Å²) in [5.74, 6) is 1.21. The van der Waals surface area contributed by atoms with E-state index in [4.69, 9.17) is 0 Å². The SMILES string of the molecule is CCn1nncc1-c1cc(=O)[nH]c(C2CC2)n1. The predicted octanol–water partition coefficient (Wildman–Crippen LogP) is 0.926. The topological polar surface area (TPSA) is 76.5 Å². The molecular formula is C11H13N5O. The first-order valence-electron chi connectivity index (χ1n) is 5.78. The Kier molecular flexibility index (Phi) is 2.28. The first-order valence-corrected chi connectivity index (χ1v) is 5.78. The summed E-state index contributed by atoms with van der Waals surface area (Å²) in [6.07, 6.45) is 3.86. The van der Waals surface area contributed by atoms with Crippen LogP contribution in [0.25, 0.3) is 11.4 Å². The van der Waals surface area contributed by atoms with Crippen molar-refractivity contribution in [3.63, 3.8) is 0 Å². The number of hydrogen-bond acceptors (Lipinski definition) is 4.